The van der Waals surface area contributed by atoms with E-state index in [1.54, 1.807) is 7.11 Å². The fraction of sp³-hybridized carbons (Fsp3) is 0.788. The molecule has 40 heavy (non-hydrogen) atoms. The summed E-state index contributed by atoms with van der Waals surface area (Å²) in [7, 11) is 1.66. The van der Waals surface area contributed by atoms with E-state index in [0.29, 0.717) is 22.5 Å². The lowest BCUT2D eigenvalue weighted by Gasteiger charge is -2.42. The van der Waals surface area contributed by atoms with E-state index in [9.17, 15) is 4.79 Å². The van der Waals surface area contributed by atoms with Crippen molar-refractivity contribution in [3.63, 3.8) is 0 Å². The van der Waals surface area contributed by atoms with Crippen molar-refractivity contribution in [3.8, 4) is 11.5 Å². The smallest absolute Gasteiger partial charge is 0.260 e. The first-order chi connectivity index (χ1) is 19.6. The zero-order chi connectivity index (χ0) is 27.6. The number of thioether (sulfide) groups is 1. The van der Waals surface area contributed by atoms with Gasteiger partial charge in [0.15, 0.2) is 6.61 Å². The topological polar surface area (TPSA) is 54.0 Å². The Morgan fingerprint density at radius 1 is 0.925 bits per heavy atom. The molecular formula is C33H53N3O3S. The summed E-state index contributed by atoms with van der Waals surface area (Å²) in [6.07, 6.45) is 21.8. The van der Waals surface area contributed by atoms with Crippen LogP contribution in [-0.4, -0.2) is 72.3 Å². The molecule has 1 amide bonds. The molecular weight excluding hydrogens is 518 g/mol. The van der Waals surface area contributed by atoms with Gasteiger partial charge < -0.3 is 14.4 Å². The minimum atomic E-state index is 0.0909. The number of carbonyl (C=O) groups excluding carboxylic acids is 1. The van der Waals surface area contributed by atoms with Crippen LogP contribution in [0.1, 0.15) is 103 Å². The maximum atomic E-state index is 13.8. The Balaban J connectivity index is 1.21. The molecule has 1 aromatic rings. The van der Waals surface area contributed by atoms with Crippen molar-refractivity contribution in [2.45, 2.75) is 120 Å². The number of hydrogen-bond donors (Lipinski definition) is 1. The molecule has 4 aliphatic rings. The SMILES string of the molecule is COc1ccc(OCC(=O)N(CC2CCC3(CCCCCCCC3)CS2)C2CNN(C3CCCCCC3)C2)cc1. The van der Waals surface area contributed by atoms with Crippen molar-refractivity contribution in [3.05, 3.63) is 24.3 Å². The maximum Gasteiger partial charge on any atom is 0.260 e. The second-order valence-electron chi connectivity index (χ2n) is 12.9. The molecule has 4 fully saturated rings. The summed E-state index contributed by atoms with van der Waals surface area (Å²) in [6, 6.07) is 8.35. The van der Waals surface area contributed by atoms with Crippen LogP contribution in [0.2, 0.25) is 0 Å². The van der Waals surface area contributed by atoms with Crippen molar-refractivity contribution in [1.82, 2.24) is 15.3 Å². The van der Waals surface area contributed by atoms with E-state index in [1.807, 2.05) is 24.3 Å². The Hall–Kier alpha value is -1.44. The number of rotatable bonds is 8. The number of amides is 1. The molecule has 0 aromatic heterocycles. The third-order valence-corrected chi connectivity index (χ3v) is 11.7. The minimum Gasteiger partial charge on any atom is -0.497 e. The van der Waals surface area contributed by atoms with Gasteiger partial charge >= 0.3 is 0 Å². The average Bonchev–Trinajstić information content (AvgIpc) is 3.36. The number of nitrogens with zero attached hydrogens (tertiary/aromatic N) is 2. The Kier molecular flexibility index (Phi) is 11.4. The third kappa shape index (κ3) is 8.32. The minimum absolute atomic E-state index is 0.0909. The largest absolute Gasteiger partial charge is 0.497 e. The summed E-state index contributed by atoms with van der Waals surface area (Å²) < 4.78 is 11.3. The summed E-state index contributed by atoms with van der Waals surface area (Å²) in [5, 5.41) is 3.00. The molecule has 2 saturated carbocycles. The van der Waals surface area contributed by atoms with Crippen LogP contribution >= 0.6 is 11.8 Å². The predicted molar refractivity (Wildman–Crippen MR) is 165 cm³/mol. The molecule has 0 bridgehead atoms. The highest BCUT2D eigenvalue weighted by Gasteiger charge is 2.39. The van der Waals surface area contributed by atoms with Crippen molar-refractivity contribution in [1.29, 1.82) is 0 Å². The summed E-state index contributed by atoms with van der Waals surface area (Å²) in [6.45, 7) is 2.72. The van der Waals surface area contributed by atoms with E-state index in [0.717, 1.165) is 25.4 Å². The molecule has 2 aliphatic carbocycles. The van der Waals surface area contributed by atoms with Crippen LogP contribution in [0.4, 0.5) is 0 Å². The van der Waals surface area contributed by atoms with Crippen LogP contribution in [0.25, 0.3) is 0 Å². The number of ether oxygens (including phenoxy) is 2. The lowest BCUT2D eigenvalue weighted by atomic mass is 9.76. The fourth-order valence-electron chi connectivity index (χ4n) is 7.50. The van der Waals surface area contributed by atoms with Gasteiger partial charge in [-0.25, -0.2) is 5.01 Å². The Morgan fingerprint density at radius 3 is 2.23 bits per heavy atom. The molecule has 1 spiro atoms. The van der Waals surface area contributed by atoms with Gasteiger partial charge in [-0.2, -0.15) is 11.8 Å². The molecule has 2 atom stereocenters. The van der Waals surface area contributed by atoms with Crippen LogP contribution < -0.4 is 14.9 Å². The van der Waals surface area contributed by atoms with E-state index in [4.69, 9.17) is 9.47 Å². The van der Waals surface area contributed by atoms with Crippen molar-refractivity contribution >= 4 is 17.7 Å². The first-order valence-electron chi connectivity index (χ1n) is 16.3. The number of nitrogens with one attached hydrogen (secondary N) is 1. The van der Waals surface area contributed by atoms with Gasteiger partial charge in [-0.1, -0.05) is 64.2 Å². The normalized spacial score (nSPS) is 26.8. The van der Waals surface area contributed by atoms with Gasteiger partial charge in [0.25, 0.3) is 5.91 Å². The van der Waals surface area contributed by atoms with E-state index < -0.39 is 0 Å². The van der Waals surface area contributed by atoms with Gasteiger partial charge in [-0.3, -0.25) is 10.2 Å². The van der Waals surface area contributed by atoms with E-state index in [-0.39, 0.29) is 18.6 Å². The Morgan fingerprint density at radius 2 is 1.57 bits per heavy atom. The van der Waals surface area contributed by atoms with Crippen molar-refractivity contribution in [2.75, 3.05) is 39.1 Å². The molecule has 1 aromatic carbocycles. The first kappa shape index (κ1) is 30.0. The molecule has 2 saturated heterocycles. The average molecular weight is 572 g/mol. The van der Waals surface area contributed by atoms with Crippen molar-refractivity contribution in [2.24, 2.45) is 5.41 Å². The van der Waals surface area contributed by atoms with Crippen molar-refractivity contribution < 1.29 is 14.3 Å². The summed E-state index contributed by atoms with van der Waals surface area (Å²) in [5.41, 5.74) is 4.25. The first-order valence-corrected chi connectivity index (χ1v) is 17.4. The fourth-order valence-corrected chi connectivity index (χ4v) is 9.07. The molecule has 6 nitrogen and oxygen atoms in total. The van der Waals surface area contributed by atoms with E-state index in [2.05, 4.69) is 27.1 Å². The monoisotopic (exact) mass is 571 g/mol. The van der Waals surface area contributed by atoms with E-state index >= 15 is 0 Å². The van der Waals surface area contributed by atoms with Gasteiger partial charge in [0.1, 0.15) is 11.5 Å². The van der Waals surface area contributed by atoms with Gasteiger partial charge in [-0.15, -0.1) is 0 Å². The van der Waals surface area contributed by atoms with Crippen LogP contribution in [-0.2, 0) is 4.79 Å². The molecule has 5 rings (SSSR count). The summed E-state index contributed by atoms with van der Waals surface area (Å²) >= 11 is 2.16. The van der Waals surface area contributed by atoms with Gasteiger partial charge in [0.05, 0.1) is 13.2 Å². The second kappa shape index (κ2) is 15.2. The standard InChI is InChI=1S/C33H53N3O3S/c1-38-29-14-16-30(17-15-29)39-25-32(37)35(28-22-34-36(23-28)27-12-8-4-5-9-13-27)24-31-18-21-33(26-40-31)19-10-6-2-3-7-11-20-33/h14-17,27-28,31,34H,2-13,18-26H2,1H3. The molecule has 7 heteroatoms. The van der Waals surface area contributed by atoms with Crippen LogP contribution in [0.15, 0.2) is 24.3 Å². The highest BCUT2D eigenvalue weighted by atomic mass is 32.2. The second-order valence-corrected chi connectivity index (χ2v) is 14.2. The number of hydrazine groups is 1. The third-order valence-electron chi connectivity index (χ3n) is 10.1. The predicted octanol–water partition coefficient (Wildman–Crippen LogP) is 6.83. The highest BCUT2D eigenvalue weighted by molar-refractivity contribution is 8.00. The Labute approximate surface area is 247 Å². The van der Waals surface area contributed by atoms with Gasteiger partial charge in [-0.05, 0) is 74.0 Å². The number of benzene rings is 1. The van der Waals surface area contributed by atoms with E-state index in [1.165, 1.54) is 108 Å². The molecule has 224 valence electrons. The summed E-state index contributed by atoms with van der Waals surface area (Å²) in [5.74, 6) is 2.91. The number of methoxy groups -OCH3 is 1. The number of carbonyl (C=O) groups is 1. The quantitative estimate of drug-likeness (QED) is 0.345. The molecule has 2 unspecified atom stereocenters. The van der Waals surface area contributed by atoms with Gasteiger partial charge in [0, 0.05) is 30.9 Å². The highest BCUT2D eigenvalue weighted by Crippen LogP contribution is 2.46. The van der Waals surface area contributed by atoms with Crippen LogP contribution in [0.5, 0.6) is 11.5 Å². The zero-order valence-corrected chi connectivity index (χ0v) is 25.7. The maximum absolute atomic E-state index is 13.8. The zero-order valence-electron chi connectivity index (χ0n) is 24.9. The molecule has 1 N–H and O–H groups in total. The lowest BCUT2D eigenvalue weighted by Crippen LogP contribution is -2.49. The van der Waals surface area contributed by atoms with Gasteiger partial charge in [0.2, 0.25) is 0 Å². The molecule has 0 radical (unpaired) electrons. The molecule has 2 aliphatic heterocycles. The lowest BCUT2D eigenvalue weighted by molar-refractivity contribution is -0.135. The molecule has 2 heterocycles. The Bertz CT molecular complexity index is 885. The van der Waals surface area contributed by atoms with Crippen LogP contribution in [0.3, 0.4) is 0 Å². The summed E-state index contributed by atoms with van der Waals surface area (Å²) in [4.78, 5) is 16.0. The van der Waals surface area contributed by atoms with Crippen LogP contribution in [0, 0.1) is 5.41 Å². The number of hydrogen-bond acceptors (Lipinski definition) is 6.